The molecule has 8 heteroatoms. The molecule has 198 valence electrons. The molecule has 2 saturated carbocycles. The minimum atomic E-state index is -0.542. The van der Waals surface area contributed by atoms with Crippen molar-refractivity contribution in [3.05, 3.63) is 91.1 Å². The van der Waals surface area contributed by atoms with Crippen molar-refractivity contribution in [1.82, 2.24) is 9.13 Å². The number of ketones is 1. The third-order valence-corrected chi connectivity index (χ3v) is 8.02. The number of nitrogens with zero attached hydrogens (tertiary/aromatic N) is 3. The van der Waals surface area contributed by atoms with Crippen LogP contribution in [0.2, 0.25) is 5.02 Å². The van der Waals surface area contributed by atoms with Crippen molar-refractivity contribution in [2.45, 2.75) is 76.3 Å². The second kappa shape index (κ2) is 11.5. The molecule has 38 heavy (non-hydrogen) atoms. The SMILES string of the molecule is O=C(c1ccccc1)c1cc(Cl)ccc1N=Cc1c(O)n(C2CCCCC2)c(=O)n(C2CCCCC2)c1=O. The third-order valence-electron chi connectivity index (χ3n) is 7.78. The monoisotopic (exact) mass is 533 g/mol. The Morgan fingerprint density at radius 3 is 2.11 bits per heavy atom. The number of halogens is 1. The maximum absolute atomic E-state index is 13.7. The minimum Gasteiger partial charge on any atom is -0.494 e. The van der Waals surface area contributed by atoms with Gasteiger partial charge in [0.25, 0.3) is 5.56 Å². The zero-order valence-corrected chi connectivity index (χ0v) is 22.1. The summed E-state index contributed by atoms with van der Waals surface area (Å²) in [5.41, 5.74) is 0.0812. The Morgan fingerprint density at radius 1 is 0.868 bits per heavy atom. The first-order chi connectivity index (χ1) is 18.5. The van der Waals surface area contributed by atoms with Gasteiger partial charge in [0.2, 0.25) is 5.88 Å². The largest absolute Gasteiger partial charge is 0.494 e. The first-order valence-corrected chi connectivity index (χ1v) is 13.9. The van der Waals surface area contributed by atoms with E-state index in [1.54, 1.807) is 42.5 Å². The molecule has 2 aliphatic carbocycles. The van der Waals surface area contributed by atoms with E-state index in [0.717, 1.165) is 64.2 Å². The standard InChI is InChI=1S/C30H32ClN3O4/c31-21-16-17-26(24(18-21)27(35)20-10-4-1-5-11-20)32-19-25-28(36)33(22-12-6-2-7-13-22)30(38)34(29(25)37)23-14-8-3-9-15-23/h1,4-5,10-11,16-19,22-23,36H,2-3,6-9,12-15H2. The van der Waals surface area contributed by atoms with E-state index in [4.69, 9.17) is 11.6 Å². The number of rotatable bonds is 6. The van der Waals surface area contributed by atoms with E-state index in [1.807, 2.05) is 6.07 Å². The van der Waals surface area contributed by atoms with Crippen LogP contribution in [0.25, 0.3) is 0 Å². The van der Waals surface area contributed by atoms with Gasteiger partial charge in [-0.05, 0) is 43.9 Å². The highest BCUT2D eigenvalue weighted by atomic mass is 35.5. The fourth-order valence-corrected chi connectivity index (χ4v) is 5.95. The van der Waals surface area contributed by atoms with Crippen molar-refractivity contribution < 1.29 is 9.90 Å². The Labute approximate surface area is 226 Å². The number of carbonyl (C=O) groups excluding carboxylic acids is 1. The van der Waals surface area contributed by atoms with Crippen molar-refractivity contribution in [3.63, 3.8) is 0 Å². The van der Waals surface area contributed by atoms with Gasteiger partial charge in [-0.3, -0.25) is 23.7 Å². The highest BCUT2D eigenvalue weighted by Gasteiger charge is 2.28. The van der Waals surface area contributed by atoms with Gasteiger partial charge in [-0.2, -0.15) is 0 Å². The molecular weight excluding hydrogens is 502 g/mol. The van der Waals surface area contributed by atoms with Crippen molar-refractivity contribution in [2.24, 2.45) is 4.99 Å². The summed E-state index contributed by atoms with van der Waals surface area (Å²) in [6.45, 7) is 0. The lowest BCUT2D eigenvalue weighted by atomic mass is 9.94. The molecule has 1 aromatic heterocycles. The van der Waals surface area contributed by atoms with E-state index in [0.29, 0.717) is 16.3 Å². The molecule has 0 saturated heterocycles. The molecule has 0 amide bonds. The normalized spacial score (nSPS) is 17.2. The van der Waals surface area contributed by atoms with Crippen molar-refractivity contribution >= 4 is 29.3 Å². The number of hydrogen-bond acceptors (Lipinski definition) is 5. The fourth-order valence-electron chi connectivity index (χ4n) is 5.77. The fraction of sp³-hybridized carbons (Fsp3) is 0.400. The topological polar surface area (TPSA) is 93.7 Å². The first-order valence-electron chi connectivity index (χ1n) is 13.5. The average molecular weight is 534 g/mol. The number of aromatic hydroxyl groups is 1. The van der Waals surface area contributed by atoms with Gasteiger partial charge in [-0.1, -0.05) is 80.5 Å². The van der Waals surface area contributed by atoms with Gasteiger partial charge >= 0.3 is 5.69 Å². The van der Waals surface area contributed by atoms with Crippen molar-refractivity contribution in [2.75, 3.05) is 0 Å². The first kappa shape index (κ1) is 26.2. The van der Waals surface area contributed by atoms with Gasteiger partial charge in [0.05, 0.1) is 5.69 Å². The summed E-state index contributed by atoms with van der Waals surface area (Å²) in [4.78, 5) is 45.0. The maximum Gasteiger partial charge on any atom is 0.334 e. The van der Waals surface area contributed by atoms with Crippen LogP contribution >= 0.6 is 11.6 Å². The zero-order chi connectivity index (χ0) is 26.6. The molecule has 0 aliphatic heterocycles. The molecule has 0 unspecified atom stereocenters. The Morgan fingerprint density at radius 2 is 1.47 bits per heavy atom. The molecule has 0 bridgehead atoms. The van der Waals surface area contributed by atoms with E-state index < -0.39 is 11.2 Å². The molecule has 2 fully saturated rings. The van der Waals surface area contributed by atoms with Crippen LogP contribution in [0.5, 0.6) is 5.88 Å². The number of carbonyl (C=O) groups is 1. The van der Waals surface area contributed by atoms with Crippen LogP contribution in [0.1, 0.15) is 97.8 Å². The van der Waals surface area contributed by atoms with Crippen LogP contribution in [0.15, 0.2) is 63.1 Å². The molecule has 3 aromatic rings. The Hall–Kier alpha value is -3.45. The lowest BCUT2D eigenvalue weighted by Crippen LogP contribution is -2.45. The molecule has 2 aliphatic rings. The summed E-state index contributed by atoms with van der Waals surface area (Å²) >= 11 is 6.21. The molecule has 0 spiro atoms. The molecule has 0 atom stereocenters. The van der Waals surface area contributed by atoms with E-state index in [2.05, 4.69) is 4.99 Å². The Bertz CT molecular complexity index is 1460. The second-order valence-corrected chi connectivity index (χ2v) is 10.7. The number of aliphatic imine (C=N–C) groups is 1. The number of benzene rings is 2. The van der Waals surface area contributed by atoms with Crippen molar-refractivity contribution in [1.29, 1.82) is 0 Å². The van der Waals surface area contributed by atoms with Crippen LogP contribution < -0.4 is 11.2 Å². The minimum absolute atomic E-state index is 0.0335. The zero-order valence-electron chi connectivity index (χ0n) is 21.3. The summed E-state index contributed by atoms with van der Waals surface area (Å²) in [6, 6.07) is 13.2. The van der Waals surface area contributed by atoms with Gasteiger partial charge in [-0.15, -0.1) is 0 Å². The molecule has 7 nitrogen and oxygen atoms in total. The second-order valence-electron chi connectivity index (χ2n) is 10.3. The molecular formula is C30H32ClN3O4. The molecule has 1 N–H and O–H groups in total. The summed E-state index contributed by atoms with van der Waals surface area (Å²) in [5.74, 6) is -0.608. The van der Waals surface area contributed by atoms with Gasteiger partial charge in [-0.25, -0.2) is 4.79 Å². The van der Waals surface area contributed by atoms with E-state index in [9.17, 15) is 19.5 Å². The van der Waals surface area contributed by atoms with Crippen molar-refractivity contribution in [3.8, 4) is 5.88 Å². The van der Waals surface area contributed by atoms with E-state index >= 15 is 0 Å². The molecule has 2 aromatic carbocycles. The summed E-state index contributed by atoms with van der Waals surface area (Å²) in [7, 11) is 0. The Kier molecular flexibility index (Phi) is 7.93. The summed E-state index contributed by atoms with van der Waals surface area (Å²) < 4.78 is 2.75. The highest BCUT2D eigenvalue weighted by Crippen LogP contribution is 2.32. The molecule has 1 heterocycles. The van der Waals surface area contributed by atoms with Gasteiger partial charge in [0.15, 0.2) is 5.78 Å². The summed E-state index contributed by atoms with van der Waals surface area (Å²) in [5, 5.41) is 11.7. The van der Waals surface area contributed by atoms with Crippen LogP contribution in [-0.4, -0.2) is 26.2 Å². The number of hydrogen-bond donors (Lipinski definition) is 1. The third kappa shape index (κ3) is 5.25. The van der Waals surface area contributed by atoms with Crippen LogP contribution in [0.4, 0.5) is 5.69 Å². The lowest BCUT2D eigenvalue weighted by Gasteiger charge is -2.29. The predicted molar refractivity (Wildman–Crippen MR) is 149 cm³/mol. The Balaban J connectivity index is 1.62. The van der Waals surface area contributed by atoms with Crippen LogP contribution in [0.3, 0.4) is 0 Å². The van der Waals surface area contributed by atoms with Gasteiger partial charge in [0, 0.05) is 34.4 Å². The maximum atomic E-state index is 13.7. The van der Waals surface area contributed by atoms with E-state index in [-0.39, 0.29) is 34.9 Å². The van der Waals surface area contributed by atoms with Gasteiger partial charge < -0.3 is 5.11 Å². The molecule has 5 rings (SSSR count). The summed E-state index contributed by atoms with van der Waals surface area (Å²) in [6.07, 6.45) is 10.4. The molecule has 0 radical (unpaired) electrons. The van der Waals surface area contributed by atoms with E-state index in [1.165, 1.54) is 15.3 Å². The average Bonchev–Trinajstić information content (AvgIpc) is 2.95. The quantitative estimate of drug-likeness (QED) is 0.294. The number of aromatic nitrogens is 2. The van der Waals surface area contributed by atoms with Gasteiger partial charge in [0.1, 0.15) is 5.56 Å². The highest BCUT2D eigenvalue weighted by molar-refractivity contribution is 6.31. The lowest BCUT2D eigenvalue weighted by molar-refractivity contribution is 0.103. The smallest absolute Gasteiger partial charge is 0.334 e. The van der Waals surface area contributed by atoms with Crippen LogP contribution in [-0.2, 0) is 0 Å². The predicted octanol–water partition coefficient (Wildman–Crippen LogP) is 6.36. The van der Waals surface area contributed by atoms with Crippen LogP contribution in [0, 0.1) is 0 Å².